The zero-order valence-electron chi connectivity index (χ0n) is 14.5. The fourth-order valence-corrected chi connectivity index (χ4v) is 2.98. The molecule has 1 N–H and O–H groups in total. The summed E-state index contributed by atoms with van der Waals surface area (Å²) < 4.78 is 2.33. The molecule has 1 amide bonds. The van der Waals surface area contributed by atoms with Crippen LogP contribution in [0.2, 0.25) is 0 Å². The molecular weight excluding hydrogens is 284 g/mol. The maximum atomic E-state index is 12.3. The van der Waals surface area contributed by atoms with Gasteiger partial charge in [0.1, 0.15) is 0 Å². The molecule has 0 aliphatic heterocycles. The predicted octanol–water partition coefficient (Wildman–Crippen LogP) is 5.11. The van der Waals surface area contributed by atoms with E-state index in [1.54, 1.807) is 0 Å². The molecule has 120 valence electrons. The summed E-state index contributed by atoms with van der Waals surface area (Å²) in [6.07, 6.45) is 0. The van der Waals surface area contributed by atoms with Gasteiger partial charge in [0.2, 0.25) is 5.91 Å². The number of rotatable bonds is 2. The van der Waals surface area contributed by atoms with E-state index in [0.29, 0.717) is 0 Å². The molecular formula is C20H24N2O. The van der Waals surface area contributed by atoms with E-state index in [2.05, 4.69) is 60.1 Å². The smallest absolute Gasteiger partial charge is 0.229 e. The van der Waals surface area contributed by atoms with Gasteiger partial charge in [0, 0.05) is 39.5 Å². The molecule has 0 saturated carbocycles. The van der Waals surface area contributed by atoms with Crippen LogP contribution in [-0.2, 0) is 11.3 Å². The van der Waals surface area contributed by atoms with Gasteiger partial charge in [-0.2, -0.15) is 0 Å². The fourth-order valence-electron chi connectivity index (χ4n) is 2.98. The van der Waals surface area contributed by atoms with Crippen LogP contribution in [0.5, 0.6) is 0 Å². The molecule has 2 aromatic carbocycles. The second kappa shape index (κ2) is 5.41. The number of fused-ring (bicyclic) bond motifs is 3. The molecule has 0 radical (unpaired) electrons. The Bertz CT molecular complexity index is 897. The summed E-state index contributed by atoms with van der Waals surface area (Å²) in [5.41, 5.74) is 4.05. The monoisotopic (exact) mass is 308 g/mol. The molecule has 0 spiro atoms. The van der Waals surface area contributed by atoms with Crippen LogP contribution in [0.3, 0.4) is 0 Å². The molecule has 0 aliphatic carbocycles. The number of nitrogens with zero attached hydrogens (tertiary/aromatic N) is 1. The summed E-state index contributed by atoms with van der Waals surface area (Å²) in [5.74, 6) is 0.0409. The average molecular weight is 308 g/mol. The van der Waals surface area contributed by atoms with Gasteiger partial charge in [-0.15, -0.1) is 0 Å². The molecule has 0 unspecified atom stereocenters. The van der Waals surface area contributed by atoms with Gasteiger partial charge in [0.15, 0.2) is 0 Å². The van der Waals surface area contributed by atoms with Crippen LogP contribution in [0.1, 0.15) is 33.3 Å². The number of hydrogen-bond acceptors (Lipinski definition) is 1. The third-order valence-electron chi connectivity index (χ3n) is 4.36. The van der Waals surface area contributed by atoms with Crippen LogP contribution in [0.15, 0.2) is 36.4 Å². The zero-order valence-corrected chi connectivity index (χ0v) is 14.5. The van der Waals surface area contributed by atoms with Gasteiger partial charge >= 0.3 is 0 Å². The molecule has 0 bridgehead atoms. The minimum atomic E-state index is -0.404. The minimum Gasteiger partial charge on any atom is -0.341 e. The lowest BCUT2D eigenvalue weighted by Gasteiger charge is -2.19. The molecule has 0 atom stereocenters. The van der Waals surface area contributed by atoms with Crippen LogP contribution in [0.4, 0.5) is 5.69 Å². The third kappa shape index (κ3) is 2.61. The van der Waals surface area contributed by atoms with Crippen molar-refractivity contribution in [2.24, 2.45) is 5.41 Å². The standard InChI is InChI=1S/C20H24N2O/c1-6-22-17-10-8-7-9-14(17)15-12-16(13(2)11-18(15)22)21-19(23)20(3,4)5/h7-12H,6H2,1-5H3,(H,21,23). The van der Waals surface area contributed by atoms with E-state index in [9.17, 15) is 4.79 Å². The van der Waals surface area contributed by atoms with Crippen molar-refractivity contribution >= 4 is 33.4 Å². The summed E-state index contributed by atoms with van der Waals surface area (Å²) in [6.45, 7) is 10.9. The molecule has 3 aromatic rings. The van der Waals surface area contributed by atoms with Crippen molar-refractivity contribution in [1.29, 1.82) is 0 Å². The van der Waals surface area contributed by atoms with Crippen LogP contribution >= 0.6 is 0 Å². The first kappa shape index (κ1) is 15.6. The highest BCUT2D eigenvalue weighted by molar-refractivity contribution is 6.10. The van der Waals surface area contributed by atoms with Gasteiger partial charge in [-0.1, -0.05) is 39.0 Å². The van der Waals surface area contributed by atoms with Crippen molar-refractivity contribution in [3.8, 4) is 0 Å². The Hall–Kier alpha value is -2.29. The second-order valence-corrected chi connectivity index (χ2v) is 7.15. The minimum absolute atomic E-state index is 0.0409. The zero-order chi connectivity index (χ0) is 16.8. The van der Waals surface area contributed by atoms with E-state index in [1.807, 2.05) is 20.8 Å². The normalized spacial score (nSPS) is 12.0. The summed E-state index contributed by atoms with van der Waals surface area (Å²) in [6, 6.07) is 12.7. The first-order valence-corrected chi connectivity index (χ1v) is 8.16. The highest BCUT2D eigenvalue weighted by Crippen LogP contribution is 2.33. The fraction of sp³-hybridized carbons (Fsp3) is 0.350. The molecule has 0 aliphatic rings. The number of anilines is 1. The third-order valence-corrected chi connectivity index (χ3v) is 4.36. The number of benzene rings is 2. The lowest BCUT2D eigenvalue weighted by molar-refractivity contribution is -0.123. The van der Waals surface area contributed by atoms with Crippen molar-refractivity contribution in [2.75, 3.05) is 5.32 Å². The number of nitrogens with one attached hydrogen (secondary N) is 1. The number of carbonyl (C=O) groups is 1. The van der Waals surface area contributed by atoms with Gasteiger partial charge < -0.3 is 9.88 Å². The summed E-state index contributed by atoms with van der Waals surface area (Å²) in [5, 5.41) is 5.51. The number of carbonyl (C=O) groups excluding carboxylic acids is 1. The van der Waals surface area contributed by atoms with Gasteiger partial charge in [-0.25, -0.2) is 0 Å². The Morgan fingerprint density at radius 1 is 1.09 bits per heavy atom. The first-order chi connectivity index (χ1) is 10.8. The lowest BCUT2D eigenvalue weighted by atomic mass is 9.95. The Morgan fingerprint density at radius 2 is 1.78 bits per heavy atom. The molecule has 3 heteroatoms. The van der Waals surface area contributed by atoms with Crippen molar-refractivity contribution in [1.82, 2.24) is 4.57 Å². The van der Waals surface area contributed by atoms with Crippen LogP contribution < -0.4 is 5.32 Å². The summed E-state index contributed by atoms with van der Waals surface area (Å²) in [4.78, 5) is 12.3. The van der Waals surface area contributed by atoms with E-state index in [4.69, 9.17) is 0 Å². The average Bonchev–Trinajstić information content (AvgIpc) is 2.79. The largest absolute Gasteiger partial charge is 0.341 e. The quantitative estimate of drug-likeness (QED) is 0.701. The summed E-state index contributed by atoms with van der Waals surface area (Å²) >= 11 is 0. The van der Waals surface area contributed by atoms with Gasteiger partial charge in [0.05, 0.1) is 0 Å². The van der Waals surface area contributed by atoms with E-state index >= 15 is 0 Å². The Kier molecular flexibility index (Phi) is 3.67. The van der Waals surface area contributed by atoms with Crippen molar-refractivity contribution < 1.29 is 4.79 Å². The highest BCUT2D eigenvalue weighted by Gasteiger charge is 2.22. The second-order valence-electron chi connectivity index (χ2n) is 7.15. The summed E-state index contributed by atoms with van der Waals surface area (Å²) in [7, 11) is 0. The molecule has 0 saturated heterocycles. The number of amides is 1. The van der Waals surface area contributed by atoms with E-state index in [0.717, 1.165) is 17.8 Å². The molecule has 1 heterocycles. The van der Waals surface area contributed by atoms with E-state index in [1.165, 1.54) is 21.8 Å². The van der Waals surface area contributed by atoms with Crippen LogP contribution in [0.25, 0.3) is 21.8 Å². The van der Waals surface area contributed by atoms with Gasteiger partial charge in [-0.05, 0) is 37.6 Å². The Labute approximate surface area is 137 Å². The van der Waals surface area contributed by atoms with E-state index < -0.39 is 5.41 Å². The number of aryl methyl sites for hydroxylation is 2. The van der Waals surface area contributed by atoms with Crippen LogP contribution in [0, 0.1) is 12.3 Å². The molecule has 1 aromatic heterocycles. The maximum Gasteiger partial charge on any atom is 0.229 e. The van der Waals surface area contributed by atoms with Crippen molar-refractivity contribution in [3.63, 3.8) is 0 Å². The Balaban J connectivity index is 2.21. The van der Waals surface area contributed by atoms with Crippen molar-refractivity contribution in [3.05, 3.63) is 42.0 Å². The SMILES string of the molecule is CCn1c2ccccc2c2cc(NC(=O)C(C)(C)C)c(C)cc21. The molecule has 23 heavy (non-hydrogen) atoms. The van der Waals surface area contributed by atoms with Gasteiger partial charge in [0.25, 0.3) is 0 Å². The first-order valence-electron chi connectivity index (χ1n) is 8.16. The van der Waals surface area contributed by atoms with Crippen LogP contribution in [-0.4, -0.2) is 10.5 Å². The maximum absolute atomic E-state index is 12.3. The number of aromatic nitrogens is 1. The van der Waals surface area contributed by atoms with E-state index in [-0.39, 0.29) is 5.91 Å². The molecule has 3 nitrogen and oxygen atoms in total. The number of hydrogen-bond donors (Lipinski definition) is 1. The molecule has 3 rings (SSSR count). The topological polar surface area (TPSA) is 34.0 Å². The lowest BCUT2D eigenvalue weighted by Crippen LogP contribution is -2.27. The Morgan fingerprint density at radius 3 is 2.43 bits per heavy atom. The van der Waals surface area contributed by atoms with Crippen molar-refractivity contribution in [2.45, 2.75) is 41.2 Å². The van der Waals surface area contributed by atoms with Gasteiger partial charge in [-0.3, -0.25) is 4.79 Å². The number of para-hydroxylation sites is 1. The predicted molar refractivity (Wildman–Crippen MR) is 97.9 cm³/mol. The highest BCUT2D eigenvalue weighted by atomic mass is 16.2. The molecule has 0 fully saturated rings.